The van der Waals surface area contributed by atoms with E-state index in [4.69, 9.17) is 14.7 Å². The Morgan fingerprint density at radius 1 is 1.06 bits per heavy atom. The topological polar surface area (TPSA) is 87.0 Å². The van der Waals surface area contributed by atoms with Crippen LogP contribution in [-0.2, 0) is 4.84 Å². The predicted molar refractivity (Wildman–Crippen MR) is 123 cm³/mol. The Kier molecular flexibility index (Phi) is 7.54. The summed E-state index contributed by atoms with van der Waals surface area (Å²) in [7, 11) is 0. The van der Waals surface area contributed by atoms with Crippen molar-refractivity contribution in [1.29, 1.82) is 0 Å². The lowest BCUT2D eigenvalue weighted by Crippen LogP contribution is -2.54. The summed E-state index contributed by atoms with van der Waals surface area (Å²) in [5.74, 6) is 0.892. The lowest BCUT2D eigenvalue weighted by atomic mass is 10.0. The van der Waals surface area contributed by atoms with Crippen LogP contribution in [0.25, 0.3) is 11.1 Å². The molecule has 2 aromatic carbocycles. The molecule has 1 amide bonds. The zero-order valence-electron chi connectivity index (χ0n) is 18.9. The minimum Gasteiger partial charge on any atom is -0.491 e. The number of fused-ring (bicyclic) bond motifs is 1. The van der Waals surface area contributed by atoms with Crippen LogP contribution in [0, 0.1) is 0 Å². The summed E-state index contributed by atoms with van der Waals surface area (Å²) in [5, 5.41) is 12.2. The zero-order valence-corrected chi connectivity index (χ0v) is 18.9. The molecule has 1 N–H and O–H groups in total. The van der Waals surface area contributed by atoms with Gasteiger partial charge in [0.2, 0.25) is 5.96 Å². The first-order valence-electron chi connectivity index (χ1n) is 11.2. The number of nitrogens with zero attached hydrogens (tertiary/aromatic N) is 4. The van der Waals surface area contributed by atoms with Crippen molar-refractivity contribution in [3.05, 3.63) is 54.1 Å². The van der Waals surface area contributed by atoms with Gasteiger partial charge in [0.05, 0.1) is 6.61 Å². The van der Waals surface area contributed by atoms with Gasteiger partial charge in [0.15, 0.2) is 5.71 Å². The molecule has 186 valence electrons. The van der Waals surface area contributed by atoms with E-state index in [0.717, 1.165) is 19.5 Å². The first-order valence-corrected chi connectivity index (χ1v) is 11.2. The monoisotopic (exact) mass is 490 g/mol. The normalized spacial score (nSPS) is 16.5. The number of aliphatic hydroxyl groups excluding tert-OH is 1. The maximum absolute atomic E-state index is 13.9. The fraction of sp³-hybridized carbons (Fsp3) is 0.375. The zero-order chi connectivity index (χ0) is 24.8. The Hall–Kier alpha value is -3.60. The molecule has 1 saturated heterocycles. The third kappa shape index (κ3) is 5.91. The number of ether oxygens (including phenoxy) is 1. The van der Waals surface area contributed by atoms with E-state index in [1.807, 2.05) is 4.90 Å². The Morgan fingerprint density at radius 3 is 2.57 bits per heavy atom. The molecular weight excluding hydrogens is 465 g/mol. The van der Waals surface area contributed by atoms with Crippen LogP contribution in [-0.4, -0.2) is 78.2 Å². The van der Waals surface area contributed by atoms with Gasteiger partial charge in [-0.3, -0.25) is 9.83 Å². The van der Waals surface area contributed by atoms with Crippen LogP contribution in [0.4, 0.5) is 18.0 Å². The number of carbonyl (C=O) groups is 1. The van der Waals surface area contributed by atoms with Gasteiger partial charge in [-0.2, -0.15) is 13.2 Å². The third-order valence-corrected chi connectivity index (χ3v) is 5.54. The van der Waals surface area contributed by atoms with Crippen LogP contribution in [0.15, 0.2) is 58.7 Å². The minimum absolute atomic E-state index is 0.0982. The average molecular weight is 490 g/mol. The number of alkyl halides is 3. The smallest absolute Gasteiger partial charge is 0.442 e. The van der Waals surface area contributed by atoms with Gasteiger partial charge in [-0.15, -0.1) is 0 Å². The van der Waals surface area contributed by atoms with Crippen LogP contribution in [0.1, 0.15) is 18.4 Å². The number of hydrogen-bond acceptors (Lipinski definition) is 7. The van der Waals surface area contributed by atoms with Gasteiger partial charge in [0.25, 0.3) is 0 Å². The summed E-state index contributed by atoms with van der Waals surface area (Å²) < 4.78 is 47.1. The Labute approximate surface area is 200 Å². The molecule has 2 aromatic rings. The van der Waals surface area contributed by atoms with Crippen LogP contribution < -0.4 is 4.74 Å². The van der Waals surface area contributed by atoms with Gasteiger partial charge < -0.3 is 14.7 Å². The van der Waals surface area contributed by atoms with Crippen LogP contribution in [0.2, 0.25) is 0 Å². The lowest BCUT2D eigenvalue weighted by molar-refractivity contribution is -0.0604. The number of oxime groups is 1. The van der Waals surface area contributed by atoms with Gasteiger partial charge in [-0.05, 0) is 42.2 Å². The van der Waals surface area contributed by atoms with E-state index < -0.39 is 18.0 Å². The maximum atomic E-state index is 13.9. The molecule has 8 nitrogen and oxygen atoms in total. The first kappa shape index (κ1) is 24.5. The van der Waals surface area contributed by atoms with Crippen molar-refractivity contribution in [1.82, 2.24) is 9.80 Å². The fourth-order valence-electron chi connectivity index (χ4n) is 3.98. The van der Waals surface area contributed by atoms with Crippen molar-refractivity contribution >= 4 is 17.8 Å². The molecule has 0 atom stereocenters. The summed E-state index contributed by atoms with van der Waals surface area (Å²) in [6, 6.07) is 12.5. The second kappa shape index (κ2) is 10.8. The minimum atomic E-state index is -4.86. The SMILES string of the molecule is O=C(O/N=C(/c1cccc(-c2cccc(OCCO)c2)c1)C(F)(F)F)N1CCCN2CCCN=C21. The van der Waals surface area contributed by atoms with Gasteiger partial charge in [-0.1, -0.05) is 35.5 Å². The fourth-order valence-corrected chi connectivity index (χ4v) is 3.98. The Morgan fingerprint density at radius 2 is 1.80 bits per heavy atom. The van der Waals surface area contributed by atoms with Gasteiger partial charge in [0.1, 0.15) is 12.4 Å². The molecule has 0 bridgehead atoms. The van der Waals surface area contributed by atoms with Crippen LogP contribution >= 0.6 is 0 Å². The second-order valence-corrected chi connectivity index (χ2v) is 8.00. The van der Waals surface area contributed by atoms with Crippen LogP contribution in [0.5, 0.6) is 5.75 Å². The van der Waals surface area contributed by atoms with Crippen molar-refractivity contribution in [2.45, 2.75) is 19.0 Å². The third-order valence-electron chi connectivity index (χ3n) is 5.54. The molecule has 0 unspecified atom stereocenters. The molecule has 2 aliphatic rings. The number of guanidine groups is 1. The number of halogens is 3. The average Bonchev–Trinajstić information content (AvgIpc) is 2.86. The first-order chi connectivity index (χ1) is 16.9. The lowest BCUT2D eigenvalue weighted by Gasteiger charge is -2.38. The number of hydrogen-bond donors (Lipinski definition) is 1. The number of amides is 1. The number of benzene rings is 2. The van der Waals surface area contributed by atoms with Gasteiger partial charge >= 0.3 is 12.3 Å². The van der Waals surface area contributed by atoms with E-state index in [2.05, 4.69) is 10.1 Å². The molecule has 35 heavy (non-hydrogen) atoms. The summed E-state index contributed by atoms with van der Waals surface area (Å²) in [5.41, 5.74) is -0.465. The van der Waals surface area contributed by atoms with E-state index in [-0.39, 0.29) is 18.8 Å². The van der Waals surface area contributed by atoms with Crippen molar-refractivity contribution in [2.75, 3.05) is 39.4 Å². The summed E-state index contributed by atoms with van der Waals surface area (Å²) in [4.78, 5) is 24.9. The molecule has 2 heterocycles. The highest BCUT2D eigenvalue weighted by Crippen LogP contribution is 2.28. The van der Waals surface area contributed by atoms with Crippen molar-refractivity contribution < 1.29 is 32.6 Å². The second-order valence-electron chi connectivity index (χ2n) is 8.00. The summed E-state index contributed by atoms with van der Waals surface area (Å²) in [6.45, 7) is 2.26. The molecular formula is C24H25F3N4O4. The van der Waals surface area contributed by atoms with E-state index in [0.29, 0.717) is 42.3 Å². The molecule has 1 fully saturated rings. The van der Waals surface area contributed by atoms with Crippen LogP contribution in [0.3, 0.4) is 0 Å². The van der Waals surface area contributed by atoms with E-state index in [1.54, 1.807) is 30.3 Å². The largest absolute Gasteiger partial charge is 0.491 e. The van der Waals surface area contributed by atoms with E-state index >= 15 is 0 Å². The Balaban J connectivity index is 1.57. The highest BCUT2D eigenvalue weighted by molar-refractivity contribution is 6.05. The number of aliphatic hydroxyl groups is 1. The molecule has 11 heteroatoms. The molecule has 4 rings (SSSR count). The molecule has 2 aliphatic heterocycles. The summed E-state index contributed by atoms with van der Waals surface area (Å²) in [6.07, 6.45) is -4.34. The standard InChI is InChI=1S/C24H25F3N4O4/c25-24(26,27)21(29-35-23(33)31-12-4-11-30-10-3-9-28-22(30)31)19-7-1-5-17(15-19)18-6-2-8-20(16-18)34-14-13-32/h1-2,5-8,15-16,32H,3-4,9-14H2/b29-21-. The van der Waals surface area contributed by atoms with Crippen molar-refractivity contribution in [3.8, 4) is 16.9 Å². The quantitative estimate of drug-likeness (QED) is 0.377. The number of carbonyl (C=O) groups excluding carboxylic acids is 1. The molecule has 0 aliphatic carbocycles. The van der Waals surface area contributed by atoms with Crippen molar-refractivity contribution in [2.24, 2.45) is 10.1 Å². The highest BCUT2D eigenvalue weighted by atomic mass is 19.4. The van der Waals surface area contributed by atoms with Gasteiger partial charge in [-0.25, -0.2) is 9.69 Å². The predicted octanol–water partition coefficient (Wildman–Crippen LogP) is 3.90. The van der Waals surface area contributed by atoms with Gasteiger partial charge in [0, 0.05) is 31.7 Å². The molecule has 0 saturated carbocycles. The number of aliphatic imine (C=N–C) groups is 1. The Bertz CT molecular complexity index is 1120. The van der Waals surface area contributed by atoms with E-state index in [1.165, 1.54) is 23.1 Å². The molecule has 0 aromatic heterocycles. The summed E-state index contributed by atoms with van der Waals surface area (Å²) >= 11 is 0. The highest BCUT2D eigenvalue weighted by Gasteiger charge is 2.39. The molecule has 0 radical (unpaired) electrons. The van der Waals surface area contributed by atoms with Crippen molar-refractivity contribution in [3.63, 3.8) is 0 Å². The van der Waals surface area contributed by atoms with E-state index in [9.17, 15) is 18.0 Å². The maximum Gasteiger partial charge on any atom is 0.442 e. The molecule has 0 spiro atoms. The number of rotatable bonds is 6.